The maximum Gasteiger partial charge on any atom is 0.251 e. The van der Waals surface area contributed by atoms with E-state index in [1.165, 1.54) is 0 Å². The van der Waals surface area contributed by atoms with Crippen molar-refractivity contribution in [1.29, 1.82) is 0 Å². The van der Waals surface area contributed by atoms with Gasteiger partial charge in [0.05, 0.1) is 10.0 Å². The van der Waals surface area contributed by atoms with Crippen LogP contribution < -0.4 is 10.1 Å². The lowest BCUT2D eigenvalue weighted by atomic mass is 10.1. The number of carbonyl (C=O) groups excluding carboxylic acids is 1. The van der Waals surface area contributed by atoms with Gasteiger partial charge in [0.1, 0.15) is 6.61 Å². The zero-order chi connectivity index (χ0) is 17.5. The number of carbonyl (C=O) groups is 1. The zero-order valence-electron chi connectivity index (χ0n) is 13.7. The van der Waals surface area contributed by atoms with Crippen LogP contribution in [0.25, 0.3) is 0 Å². The van der Waals surface area contributed by atoms with Crippen molar-refractivity contribution in [2.24, 2.45) is 0 Å². The van der Waals surface area contributed by atoms with Gasteiger partial charge in [-0.1, -0.05) is 41.4 Å². The Balaban J connectivity index is 1.83. The molecular formula is C18H20Cl2N2O2. The van der Waals surface area contributed by atoms with Crippen LogP contribution in [0.2, 0.25) is 10.0 Å². The number of benzene rings is 2. The molecule has 2 aromatic carbocycles. The quantitative estimate of drug-likeness (QED) is 0.808. The molecule has 1 amide bonds. The number of halogens is 2. The molecule has 0 spiro atoms. The number of likely N-dealkylation sites (N-methyl/N-ethyl adjacent to an activating group) is 1. The Labute approximate surface area is 152 Å². The largest absolute Gasteiger partial charge is 0.489 e. The molecule has 128 valence electrons. The lowest BCUT2D eigenvalue weighted by molar-refractivity contribution is 0.0963. The predicted octanol–water partition coefficient (Wildman–Crippen LogP) is 3.86. The lowest BCUT2D eigenvalue weighted by Gasteiger charge is -2.18. The summed E-state index contributed by atoms with van der Waals surface area (Å²) in [7, 11) is 3.62. The number of ether oxygens (including phenoxy) is 1. The lowest BCUT2D eigenvalue weighted by Crippen LogP contribution is -2.24. The third-order valence-electron chi connectivity index (χ3n) is 3.53. The van der Waals surface area contributed by atoms with Crippen LogP contribution in [0.15, 0.2) is 42.5 Å². The number of rotatable bonds is 7. The minimum Gasteiger partial charge on any atom is -0.489 e. The number of nitrogens with zero attached hydrogens (tertiary/aromatic N) is 1. The Morgan fingerprint density at radius 1 is 1.12 bits per heavy atom. The minimum atomic E-state index is -0.0834. The molecule has 0 saturated heterocycles. The highest BCUT2D eigenvalue weighted by Crippen LogP contribution is 2.32. The van der Waals surface area contributed by atoms with E-state index in [1.807, 2.05) is 31.3 Å². The highest BCUT2D eigenvalue weighted by atomic mass is 35.5. The third-order valence-corrected chi connectivity index (χ3v) is 4.13. The van der Waals surface area contributed by atoms with Crippen molar-refractivity contribution in [2.75, 3.05) is 27.2 Å². The SMILES string of the molecule is CNC(=O)c1ccc(CN(C)CCOc2c(Cl)cccc2Cl)cc1. The number of nitrogens with one attached hydrogen (secondary N) is 1. The number of hydrogen-bond acceptors (Lipinski definition) is 3. The molecule has 4 nitrogen and oxygen atoms in total. The van der Waals surface area contributed by atoms with E-state index in [2.05, 4.69) is 10.2 Å². The molecule has 0 radical (unpaired) electrons. The van der Waals surface area contributed by atoms with Crippen molar-refractivity contribution in [1.82, 2.24) is 10.2 Å². The molecule has 0 unspecified atom stereocenters. The number of para-hydroxylation sites is 1. The predicted molar refractivity (Wildman–Crippen MR) is 98.1 cm³/mol. The maximum atomic E-state index is 11.5. The molecule has 2 aromatic rings. The van der Waals surface area contributed by atoms with Crippen LogP contribution in [0.4, 0.5) is 0 Å². The molecule has 0 aliphatic rings. The minimum absolute atomic E-state index is 0.0834. The number of hydrogen-bond donors (Lipinski definition) is 1. The summed E-state index contributed by atoms with van der Waals surface area (Å²) in [6, 6.07) is 12.8. The van der Waals surface area contributed by atoms with Crippen LogP contribution in [0, 0.1) is 0 Å². The second-order valence-corrected chi connectivity index (χ2v) is 6.23. The Kier molecular flexibility index (Phi) is 6.91. The van der Waals surface area contributed by atoms with Crippen molar-refractivity contribution in [3.63, 3.8) is 0 Å². The Morgan fingerprint density at radius 2 is 1.75 bits per heavy atom. The molecular weight excluding hydrogens is 347 g/mol. The standard InChI is InChI=1S/C18H20Cl2N2O2/c1-21-18(23)14-8-6-13(7-9-14)12-22(2)10-11-24-17-15(19)4-3-5-16(17)20/h3-9H,10-12H2,1-2H3,(H,21,23). The molecule has 0 aliphatic carbocycles. The van der Waals surface area contributed by atoms with Crippen LogP contribution in [-0.4, -0.2) is 38.1 Å². The van der Waals surface area contributed by atoms with Crippen molar-refractivity contribution >= 4 is 29.1 Å². The van der Waals surface area contributed by atoms with E-state index in [9.17, 15) is 4.79 Å². The molecule has 0 atom stereocenters. The topological polar surface area (TPSA) is 41.6 Å². The molecule has 0 fully saturated rings. The Hall–Kier alpha value is -1.75. The first kappa shape index (κ1) is 18.6. The summed E-state index contributed by atoms with van der Waals surface area (Å²) >= 11 is 12.1. The van der Waals surface area contributed by atoms with Crippen molar-refractivity contribution < 1.29 is 9.53 Å². The number of amides is 1. The molecule has 0 heterocycles. The molecule has 1 N–H and O–H groups in total. The molecule has 6 heteroatoms. The Morgan fingerprint density at radius 3 is 2.33 bits per heavy atom. The average Bonchev–Trinajstić information content (AvgIpc) is 2.57. The van der Waals surface area contributed by atoms with Gasteiger partial charge in [-0.2, -0.15) is 0 Å². The third kappa shape index (κ3) is 5.13. The van der Waals surface area contributed by atoms with Crippen molar-refractivity contribution in [3.05, 3.63) is 63.6 Å². The molecule has 0 bridgehead atoms. The first-order valence-electron chi connectivity index (χ1n) is 7.57. The summed E-state index contributed by atoms with van der Waals surface area (Å²) in [5.74, 6) is 0.434. The summed E-state index contributed by atoms with van der Waals surface area (Å²) < 4.78 is 5.68. The van der Waals surface area contributed by atoms with Gasteiger partial charge in [0, 0.05) is 25.7 Å². The van der Waals surface area contributed by atoms with Crippen LogP contribution >= 0.6 is 23.2 Å². The Bertz CT molecular complexity index is 670. The van der Waals surface area contributed by atoms with Gasteiger partial charge in [0.15, 0.2) is 5.75 Å². The normalized spacial score (nSPS) is 10.7. The summed E-state index contributed by atoms with van der Waals surface area (Å²) in [4.78, 5) is 13.6. The van der Waals surface area contributed by atoms with Crippen LogP contribution in [-0.2, 0) is 6.54 Å². The molecule has 24 heavy (non-hydrogen) atoms. The molecule has 2 rings (SSSR count). The van der Waals surface area contributed by atoms with E-state index < -0.39 is 0 Å². The summed E-state index contributed by atoms with van der Waals surface area (Å²) in [6.45, 7) is 1.96. The van der Waals surface area contributed by atoms with Gasteiger partial charge in [0.25, 0.3) is 5.91 Å². The zero-order valence-corrected chi connectivity index (χ0v) is 15.2. The monoisotopic (exact) mass is 366 g/mol. The van der Waals surface area contributed by atoms with Crippen LogP contribution in [0.3, 0.4) is 0 Å². The van der Waals surface area contributed by atoms with Crippen molar-refractivity contribution in [2.45, 2.75) is 6.54 Å². The first-order valence-corrected chi connectivity index (χ1v) is 8.33. The fourth-order valence-corrected chi connectivity index (χ4v) is 2.73. The first-order chi connectivity index (χ1) is 11.5. The van der Waals surface area contributed by atoms with Gasteiger partial charge in [-0.3, -0.25) is 9.69 Å². The van der Waals surface area contributed by atoms with E-state index in [0.29, 0.717) is 28.0 Å². The van der Waals surface area contributed by atoms with Crippen LogP contribution in [0.1, 0.15) is 15.9 Å². The van der Waals surface area contributed by atoms with Gasteiger partial charge in [-0.05, 0) is 36.9 Å². The summed E-state index contributed by atoms with van der Waals surface area (Å²) in [6.07, 6.45) is 0. The smallest absolute Gasteiger partial charge is 0.251 e. The molecule has 0 aromatic heterocycles. The maximum absolute atomic E-state index is 11.5. The van der Waals surface area contributed by atoms with E-state index in [-0.39, 0.29) is 5.91 Å². The average molecular weight is 367 g/mol. The van der Waals surface area contributed by atoms with Gasteiger partial charge in [0.2, 0.25) is 0 Å². The van der Waals surface area contributed by atoms with E-state index in [4.69, 9.17) is 27.9 Å². The van der Waals surface area contributed by atoms with Gasteiger partial charge < -0.3 is 10.1 Å². The van der Waals surface area contributed by atoms with E-state index in [1.54, 1.807) is 25.2 Å². The fraction of sp³-hybridized carbons (Fsp3) is 0.278. The molecule has 0 saturated carbocycles. The van der Waals surface area contributed by atoms with E-state index >= 15 is 0 Å². The second-order valence-electron chi connectivity index (χ2n) is 5.41. The van der Waals surface area contributed by atoms with Crippen LogP contribution in [0.5, 0.6) is 5.75 Å². The highest BCUT2D eigenvalue weighted by molar-refractivity contribution is 6.37. The van der Waals surface area contributed by atoms with E-state index in [0.717, 1.165) is 18.7 Å². The van der Waals surface area contributed by atoms with Crippen molar-refractivity contribution in [3.8, 4) is 5.75 Å². The molecule has 0 aliphatic heterocycles. The van der Waals surface area contributed by atoms with Gasteiger partial charge >= 0.3 is 0 Å². The second kappa shape index (κ2) is 8.92. The highest BCUT2D eigenvalue weighted by Gasteiger charge is 2.08. The van der Waals surface area contributed by atoms with Gasteiger partial charge in [-0.15, -0.1) is 0 Å². The summed E-state index contributed by atoms with van der Waals surface area (Å²) in [5, 5.41) is 3.62. The fourth-order valence-electron chi connectivity index (χ4n) is 2.22. The summed E-state index contributed by atoms with van der Waals surface area (Å²) in [5.41, 5.74) is 1.78. The van der Waals surface area contributed by atoms with Gasteiger partial charge in [-0.25, -0.2) is 0 Å².